The zero-order valence-corrected chi connectivity index (χ0v) is 14.2. The minimum absolute atomic E-state index is 0.0936. The van der Waals surface area contributed by atoms with Crippen LogP contribution in [0.2, 0.25) is 0 Å². The molecule has 0 bridgehead atoms. The summed E-state index contributed by atoms with van der Waals surface area (Å²) >= 11 is 1.59. The minimum atomic E-state index is -0.277. The number of thiazole rings is 1. The Hall–Kier alpha value is -2.02. The Morgan fingerprint density at radius 1 is 1.39 bits per heavy atom. The Morgan fingerprint density at radius 2 is 2.22 bits per heavy atom. The number of imide groups is 1. The van der Waals surface area contributed by atoms with E-state index in [1.54, 1.807) is 22.2 Å². The Morgan fingerprint density at radius 3 is 2.91 bits per heavy atom. The van der Waals surface area contributed by atoms with Crippen molar-refractivity contribution in [2.45, 2.75) is 39.2 Å². The second-order valence-electron chi connectivity index (χ2n) is 5.93. The molecule has 2 aromatic rings. The summed E-state index contributed by atoms with van der Waals surface area (Å²) in [5, 5.41) is 7.12. The van der Waals surface area contributed by atoms with E-state index in [1.807, 2.05) is 18.6 Å². The van der Waals surface area contributed by atoms with E-state index < -0.39 is 0 Å². The van der Waals surface area contributed by atoms with Gasteiger partial charge >= 0.3 is 0 Å². The van der Waals surface area contributed by atoms with Crippen LogP contribution in [0.5, 0.6) is 0 Å². The molecular formula is C16H20N4O2S. The summed E-state index contributed by atoms with van der Waals surface area (Å²) in [5.41, 5.74) is 1.79. The van der Waals surface area contributed by atoms with E-state index in [2.05, 4.69) is 17.0 Å². The van der Waals surface area contributed by atoms with Crippen LogP contribution in [-0.4, -0.2) is 31.5 Å². The van der Waals surface area contributed by atoms with Crippen LogP contribution in [0.15, 0.2) is 17.8 Å². The van der Waals surface area contributed by atoms with Crippen LogP contribution in [0.1, 0.15) is 36.0 Å². The zero-order chi connectivity index (χ0) is 16.4. The van der Waals surface area contributed by atoms with Gasteiger partial charge in [-0.05, 0) is 24.8 Å². The number of carbonyl (C=O) groups excluding carboxylic acids is 2. The monoisotopic (exact) mass is 332 g/mol. The molecule has 3 heterocycles. The minimum Gasteiger partial charge on any atom is -0.276 e. The van der Waals surface area contributed by atoms with E-state index in [1.165, 1.54) is 4.90 Å². The van der Waals surface area contributed by atoms with Crippen molar-refractivity contribution in [2.24, 2.45) is 13.0 Å². The first-order chi connectivity index (χ1) is 11.1. The van der Waals surface area contributed by atoms with Gasteiger partial charge in [-0.3, -0.25) is 19.2 Å². The molecule has 1 fully saturated rings. The van der Waals surface area contributed by atoms with Crippen molar-refractivity contribution in [3.8, 4) is 0 Å². The van der Waals surface area contributed by atoms with Crippen LogP contribution in [0.4, 0.5) is 0 Å². The number of hydrogen-bond acceptors (Lipinski definition) is 5. The van der Waals surface area contributed by atoms with Crippen molar-refractivity contribution in [3.63, 3.8) is 0 Å². The summed E-state index contributed by atoms with van der Waals surface area (Å²) in [7, 11) is 1.84. The van der Waals surface area contributed by atoms with E-state index in [-0.39, 0.29) is 24.2 Å². The van der Waals surface area contributed by atoms with Gasteiger partial charge in [0.15, 0.2) is 0 Å². The lowest BCUT2D eigenvalue weighted by Gasteiger charge is -2.13. The fraction of sp³-hybridized carbons (Fsp3) is 0.500. The second kappa shape index (κ2) is 6.62. The fourth-order valence-electron chi connectivity index (χ4n) is 2.85. The lowest BCUT2D eigenvalue weighted by atomic mass is 10.0. The van der Waals surface area contributed by atoms with Gasteiger partial charge in [-0.15, -0.1) is 11.3 Å². The average molecular weight is 332 g/mol. The number of aryl methyl sites for hydroxylation is 2. The van der Waals surface area contributed by atoms with Crippen LogP contribution in [0.3, 0.4) is 0 Å². The van der Waals surface area contributed by atoms with Crippen molar-refractivity contribution in [1.29, 1.82) is 0 Å². The predicted molar refractivity (Wildman–Crippen MR) is 86.7 cm³/mol. The third-order valence-electron chi connectivity index (χ3n) is 3.96. The molecule has 0 unspecified atom stereocenters. The highest BCUT2D eigenvalue weighted by molar-refractivity contribution is 7.09. The number of likely N-dealkylation sites (tertiary alicyclic amines) is 1. The molecule has 0 saturated carbocycles. The van der Waals surface area contributed by atoms with E-state index in [4.69, 9.17) is 0 Å². The molecule has 0 aromatic carbocycles. The Balaban J connectivity index is 1.65. The van der Waals surface area contributed by atoms with Gasteiger partial charge in [0.25, 0.3) is 0 Å². The number of rotatable bonds is 6. The molecule has 6 nitrogen and oxygen atoms in total. The summed E-state index contributed by atoms with van der Waals surface area (Å²) < 4.78 is 1.71. The molecule has 3 rings (SSSR count). The van der Waals surface area contributed by atoms with Crippen molar-refractivity contribution in [2.75, 3.05) is 0 Å². The summed E-state index contributed by atoms with van der Waals surface area (Å²) in [6.45, 7) is 2.40. The highest BCUT2D eigenvalue weighted by Crippen LogP contribution is 2.25. The molecule has 23 heavy (non-hydrogen) atoms. The molecule has 2 amide bonds. The molecule has 1 aliphatic heterocycles. The van der Waals surface area contributed by atoms with Crippen molar-refractivity contribution in [3.05, 3.63) is 34.0 Å². The smallest absolute Gasteiger partial charge is 0.233 e. The lowest BCUT2D eigenvalue weighted by molar-refractivity contribution is -0.140. The maximum Gasteiger partial charge on any atom is 0.233 e. The highest BCUT2D eigenvalue weighted by Gasteiger charge is 2.38. The quantitative estimate of drug-likeness (QED) is 0.758. The Bertz CT molecular complexity index is 721. The summed E-state index contributed by atoms with van der Waals surface area (Å²) in [6, 6.07) is 0. The molecule has 0 N–H and O–H groups in total. The Kier molecular flexibility index (Phi) is 4.56. The van der Waals surface area contributed by atoms with Crippen LogP contribution in [0, 0.1) is 5.92 Å². The van der Waals surface area contributed by atoms with Gasteiger partial charge in [-0.2, -0.15) is 5.10 Å². The first-order valence-electron chi connectivity index (χ1n) is 7.81. The third kappa shape index (κ3) is 3.50. The van der Waals surface area contributed by atoms with Gasteiger partial charge in [-0.25, -0.2) is 4.98 Å². The lowest BCUT2D eigenvalue weighted by Crippen LogP contribution is -2.30. The van der Waals surface area contributed by atoms with E-state index in [0.717, 1.165) is 29.1 Å². The van der Waals surface area contributed by atoms with E-state index >= 15 is 0 Å². The summed E-state index contributed by atoms with van der Waals surface area (Å²) in [4.78, 5) is 30.6. The molecule has 1 atom stereocenters. The third-order valence-corrected chi connectivity index (χ3v) is 4.92. The van der Waals surface area contributed by atoms with Crippen LogP contribution in [0.25, 0.3) is 0 Å². The van der Waals surface area contributed by atoms with Crippen LogP contribution >= 0.6 is 11.3 Å². The summed E-state index contributed by atoms with van der Waals surface area (Å²) in [5.74, 6) is -0.474. The second-order valence-corrected chi connectivity index (χ2v) is 6.87. The first kappa shape index (κ1) is 15.9. The number of amides is 2. The van der Waals surface area contributed by atoms with E-state index in [9.17, 15) is 9.59 Å². The Labute approximate surface area is 139 Å². The van der Waals surface area contributed by atoms with Gasteiger partial charge in [0.1, 0.15) is 0 Å². The fourth-order valence-corrected chi connectivity index (χ4v) is 3.74. The maximum atomic E-state index is 12.5. The molecule has 1 aliphatic rings. The molecule has 0 radical (unpaired) electrons. The summed E-state index contributed by atoms with van der Waals surface area (Å²) in [6.07, 6.45) is 6.46. The first-order valence-corrected chi connectivity index (χ1v) is 8.69. The molecule has 7 heteroatoms. The number of hydrogen-bond donors (Lipinski definition) is 0. The van der Waals surface area contributed by atoms with Crippen molar-refractivity contribution in [1.82, 2.24) is 19.7 Å². The van der Waals surface area contributed by atoms with Gasteiger partial charge < -0.3 is 0 Å². The normalized spacial score (nSPS) is 18.2. The topological polar surface area (TPSA) is 68.1 Å². The standard InChI is InChI=1S/C16H20N4O2S/c1-3-4-14-18-13(10-23-14)9-20-15(21)6-12(16(20)22)5-11-7-17-19(2)8-11/h7-8,10,12H,3-6,9H2,1-2H3/t12-/m1/s1. The molecular weight excluding hydrogens is 312 g/mol. The van der Waals surface area contributed by atoms with Crippen molar-refractivity contribution >= 4 is 23.2 Å². The number of nitrogens with zero attached hydrogens (tertiary/aromatic N) is 4. The maximum absolute atomic E-state index is 12.5. The molecule has 1 saturated heterocycles. The largest absolute Gasteiger partial charge is 0.276 e. The van der Waals surface area contributed by atoms with Crippen LogP contribution in [-0.2, 0) is 36.0 Å². The van der Waals surface area contributed by atoms with Gasteiger partial charge in [0.05, 0.1) is 29.4 Å². The van der Waals surface area contributed by atoms with Gasteiger partial charge in [0, 0.05) is 25.0 Å². The number of aromatic nitrogens is 3. The van der Waals surface area contributed by atoms with Crippen molar-refractivity contribution < 1.29 is 9.59 Å². The highest BCUT2D eigenvalue weighted by atomic mass is 32.1. The van der Waals surface area contributed by atoms with Gasteiger partial charge in [-0.1, -0.05) is 6.92 Å². The SMILES string of the molecule is CCCc1nc(CN2C(=O)C[C@@H](Cc3cnn(C)c3)C2=O)cs1. The van der Waals surface area contributed by atoms with Gasteiger partial charge in [0.2, 0.25) is 11.8 Å². The molecule has 2 aromatic heterocycles. The average Bonchev–Trinajstić information content (AvgIpc) is 3.18. The molecule has 122 valence electrons. The number of carbonyl (C=O) groups is 2. The zero-order valence-electron chi connectivity index (χ0n) is 13.4. The van der Waals surface area contributed by atoms with E-state index in [0.29, 0.717) is 13.0 Å². The predicted octanol–water partition coefficient (Wildman–Crippen LogP) is 1.95. The van der Waals surface area contributed by atoms with Crippen LogP contribution < -0.4 is 0 Å². The molecule has 0 aliphatic carbocycles. The molecule has 0 spiro atoms.